The predicted octanol–water partition coefficient (Wildman–Crippen LogP) is 4.53. The summed E-state index contributed by atoms with van der Waals surface area (Å²) in [6.45, 7) is 12.6. The molecule has 2 amide bonds. The molecule has 5 nitrogen and oxygen atoms in total. The molecule has 0 aliphatic heterocycles. The van der Waals surface area contributed by atoms with Gasteiger partial charge in [-0.1, -0.05) is 19.9 Å². The van der Waals surface area contributed by atoms with Crippen molar-refractivity contribution in [3.05, 3.63) is 45.4 Å². The largest absolute Gasteiger partial charge is 0.486 e. The lowest BCUT2D eigenvalue weighted by atomic mass is 10.1. The number of urea groups is 1. The maximum Gasteiger partial charge on any atom is 0.317 e. The second-order valence-electron chi connectivity index (χ2n) is 6.88. The minimum absolute atomic E-state index is 0.0397. The van der Waals surface area contributed by atoms with Gasteiger partial charge in [0.05, 0.1) is 12.2 Å². The van der Waals surface area contributed by atoms with Crippen LogP contribution in [0.25, 0.3) is 0 Å². The van der Waals surface area contributed by atoms with E-state index >= 15 is 0 Å². The Balaban J connectivity index is 1.96. The first-order valence-corrected chi connectivity index (χ1v) is 9.93. The Kier molecular flexibility index (Phi) is 7.45. The summed E-state index contributed by atoms with van der Waals surface area (Å²) in [4.78, 5) is 18.7. The standard InChI is InChI=1S/C20H29N3O2S/c1-6-21-20(24)23(10-14(2)3)11-17-13-26-19(22-17)12-25-18-8-7-15(4)16(5)9-18/h7-9,13-14H,6,10-12H2,1-5H3,(H,21,24). The number of aromatic nitrogens is 1. The third-order valence-electron chi connectivity index (χ3n) is 3.99. The first kappa shape index (κ1) is 20.2. The summed E-state index contributed by atoms with van der Waals surface area (Å²) in [7, 11) is 0. The lowest BCUT2D eigenvalue weighted by molar-refractivity contribution is 0.187. The van der Waals surface area contributed by atoms with Crippen LogP contribution in [0, 0.1) is 19.8 Å². The van der Waals surface area contributed by atoms with E-state index in [2.05, 4.69) is 44.1 Å². The number of carbonyl (C=O) groups is 1. The molecule has 142 valence electrons. The van der Waals surface area contributed by atoms with E-state index in [1.165, 1.54) is 11.1 Å². The summed E-state index contributed by atoms with van der Waals surface area (Å²) in [5.74, 6) is 1.26. The zero-order valence-electron chi connectivity index (χ0n) is 16.3. The van der Waals surface area contributed by atoms with Crippen LogP contribution in [0.1, 0.15) is 42.6 Å². The van der Waals surface area contributed by atoms with Gasteiger partial charge in [-0.05, 0) is 49.9 Å². The molecule has 0 saturated heterocycles. The van der Waals surface area contributed by atoms with E-state index in [1.54, 1.807) is 11.3 Å². The van der Waals surface area contributed by atoms with E-state index in [9.17, 15) is 4.79 Å². The molecule has 1 aromatic heterocycles. The molecule has 0 fully saturated rings. The molecule has 0 radical (unpaired) electrons. The lowest BCUT2D eigenvalue weighted by Crippen LogP contribution is -2.41. The second-order valence-corrected chi connectivity index (χ2v) is 7.82. The van der Waals surface area contributed by atoms with Crippen molar-refractivity contribution in [3.8, 4) is 5.75 Å². The number of amides is 2. The smallest absolute Gasteiger partial charge is 0.317 e. The number of nitrogens with one attached hydrogen (secondary N) is 1. The van der Waals surface area contributed by atoms with Gasteiger partial charge in [-0.3, -0.25) is 0 Å². The third-order valence-corrected chi connectivity index (χ3v) is 4.86. The fourth-order valence-corrected chi connectivity index (χ4v) is 3.25. The van der Waals surface area contributed by atoms with Crippen LogP contribution in [0.5, 0.6) is 5.75 Å². The number of thiazole rings is 1. The number of carbonyl (C=O) groups excluding carboxylic acids is 1. The number of hydrogen-bond donors (Lipinski definition) is 1. The summed E-state index contributed by atoms with van der Waals surface area (Å²) in [5.41, 5.74) is 3.37. The van der Waals surface area contributed by atoms with Crippen LogP contribution < -0.4 is 10.1 Å². The fourth-order valence-electron chi connectivity index (χ4n) is 2.56. The van der Waals surface area contributed by atoms with Crippen LogP contribution in [-0.2, 0) is 13.2 Å². The molecule has 1 N–H and O–H groups in total. The Morgan fingerprint density at radius 1 is 1.31 bits per heavy atom. The molecule has 26 heavy (non-hydrogen) atoms. The van der Waals surface area contributed by atoms with Gasteiger partial charge in [-0.2, -0.15) is 0 Å². The maximum atomic E-state index is 12.2. The molecule has 2 rings (SSSR count). The van der Waals surface area contributed by atoms with Crippen LogP contribution in [0.2, 0.25) is 0 Å². The maximum absolute atomic E-state index is 12.2. The first-order chi connectivity index (χ1) is 12.4. The zero-order valence-corrected chi connectivity index (χ0v) is 17.2. The van der Waals surface area contributed by atoms with Gasteiger partial charge < -0.3 is 15.0 Å². The molecule has 0 aliphatic rings. The minimum Gasteiger partial charge on any atom is -0.486 e. The lowest BCUT2D eigenvalue weighted by Gasteiger charge is -2.23. The van der Waals surface area contributed by atoms with Crippen LogP contribution in [-0.4, -0.2) is 29.0 Å². The fraction of sp³-hybridized carbons (Fsp3) is 0.500. The molecule has 0 unspecified atom stereocenters. The van der Waals surface area contributed by atoms with Crippen molar-refractivity contribution < 1.29 is 9.53 Å². The van der Waals surface area contributed by atoms with Crippen molar-refractivity contribution >= 4 is 17.4 Å². The van der Waals surface area contributed by atoms with Crippen LogP contribution in [0.3, 0.4) is 0 Å². The molecule has 2 aromatic rings. The van der Waals surface area contributed by atoms with Gasteiger partial charge in [0.25, 0.3) is 0 Å². The number of ether oxygens (including phenoxy) is 1. The molecule has 1 heterocycles. The van der Waals surface area contributed by atoms with E-state index < -0.39 is 0 Å². The Labute approximate surface area is 160 Å². The average Bonchev–Trinajstić information content (AvgIpc) is 3.03. The topological polar surface area (TPSA) is 54.5 Å². The van der Waals surface area contributed by atoms with Gasteiger partial charge in [-0.25, -0.2) is 9.78 Å². The highest BCUT2D eigenvalue weighted by Gasteiger charge is 2.16. The SMILES string of the molecule is CCNC(=O)N(Cc1csc(COc2ccc(C)c(C)c2)n1)CC(C)C. The van der Waals surface area contributed by atoms with Gasteiger partial charge in [0.15, 0.2) is 0 Å². The average molecular weight is 376 g/mol. The Hall–Kier alpha value is -2.08. The molecule has 0 bridgehead atoms. The van der Waals surface area contributed by atoms with E-state index in [-0.39, 0.29) is 6.03 Å². The van der Waals surface area contributed by atoms with Gasteiger partial charge in [0.2, 0.25) is 0 Å². The van der Waals surface area contributed by atoms with Crippen molar-refractivity contribution in [3.63, 3.8) is 0 Å². The summed E-state index contributed by atoms with van der Waals surface area (Å²) >= 11 is 1.57. The Morgan fingerprint density at radius 2 is 2.08 bits per heavy atom. The highest BCUT2D eigenvalue weighted by atomic mass is 32.1. The number of benzene rings is 1. The van der Waals surface area contributed by atoms with Crippen molar-refractivity contribution in [1.82, 2.24) is 15.2 Å². The third kappa shape index (κ3) is 6.02. The van der Waals surface area contributed by atoms with E-state index in [1.807, 2.05) is 29.3 Å². The van der Waals surface area contributed by atoms with Crippen LogP contribution >= 0.6 is 11.3 Å². The molecular weight excluding hydrogens is 346 g/mol. The number of nitrogens with zero attached hydrogens (tertiary/aromatic N) is 2. The highest BCUT2D eigenvalue weighted by Crippen LogP contribution is 2.19. The number of aryl methyl sites for hydroxylation is 2. The normalized spacial score (nSPS) is 10.8. The molecule has 0 saturated carbocycles. The molecular formula is C20H29N3O2S. The van der Waals surface area contributed by atoms with Gasteiger partial charge >= 0.3 is 6.03 Å². The van der Waals surface area contributed by atoms with Gasteiger partial charge in [0.1, 0.15) is 17.4 Å². The molecule has 0 spiro atoms. The summed E-state index contributed by atoms with van der Waals surface area (Å²) in [6.07, 6.45) is 0. The molecule has 1 aromatic carbocycles. The van der Waals surface area contributed by atoms with Crippen molar-refractivity contribution in [2.45, 2.75) is 47.8 Å². The Morgan fingerprint density at radius 3 is 2.73 bits per heavy atom. The van der Waals surface area contributed by atoms with Crippen LogP contribution in [0.4, 0.5) is 4.79 Å². The monoisotopic (exact) mass is 375 g/mol. The quantitative estimate of drug-likeness (QED) is 0.738. The van der Waals surface area contributed by atoms with E-state index in [0.717, 1.165) is 16.5 Å². The molecule has 6 heteroatoms. The van der Waals surface area contributed by atoms with Crippen molar-refractivity contribution in [1.29, 1.82) is 0 Å². The number of hydrogen-bond acceptors (Lipinski definition) is 4. The van der Waals surface area contributed by atoms with Gasteiger partial charge in [0, 0.05) is 18.5 Å². The molecule has 0 atom stereocenters. The summed E-state index contributed by atoms with van der Waals surface area (Å²) < 4.78 is 5.85. The van der Waals surface area contributed by atoms with Crippen LogP contribution in [0.15, 0.2) is 23.6 Å². The predicted molar refractivity (Wildman–Crippen MR) is 107 cm³/mol. The zero-order chi connectivity index (χ0) is 19.1. The summed E-state index contributed by atoms with van der Waals surface area (Å²) in [5, 5.41) is 5.79. The van der Waals surface area contributed by atoms with Gasteiger partial charge in [-0.15, -0.1) is 11.3 Å². The Bertz CT molecular complexity index is 728. The highest BCUT2D eigenvalue weighted by molar-refractivity contribution is 7.09. The summed E-state index contributed by atoms with van der Waals surface area (Å²) in [6, 6.07) is 6.05. The van der Waals surface area contributed by atoms with Crippen molar-refractivity contribution in [2.75, 3.05) is 13.1 Å². The molecule has 0 aliphatic carbocycles. The minimum atomic E-state index is -0.0397. The van der Waals surface area contributed by atoms with E-state index in [4.69, 9.17) is 4.74 Å². The second kappa shape index (κ2) is 9.57. The first-order valence-electron chi connectivity index (χ1n) is 9.05. The number of rotatable bonds is 8. The van der Waals surface area contributed by atoms with Crippen molar-refractivity contribution in [2.24, 2.45) is 5.92 Å². The van der Waals surface area contributed by atoms with E-state index in [0.29, 0.717) is 32.2 Å².